The first-order chi connectivity index (χ1) is 11.7. The number of hydrogen-bond acceptors (Lipinski definition) is 3. The number of carbonyl (C=O) groups is 1. The van der Waals surface area contributed by atoms with Crippen LogP contribution < -0.4 is 5.32 Å². The fraction of sp³-hybridized carbons (Fsp3) is 0.368. The Bertz CT molecular complexity index is 820. The monoisotopic (exact) mass is 341 g/mol. The molecule has 24 heavy (non-hydrogen) atoms. The number of imidazole rings is 1. The number of benzene rings is 1. The molecule has 3 rings (SSSR count). The summed E-state index contributed by atoms with van der Waals surface area (Å²) >= 11 is 1.46. The molecule has 1 amide bonds. The molecule has 0 spiro atoms. The average molecular weight is 341 g/mol. The third-order valence-corrected chi connectivity index (χ3v) is 5.30. The first kappa shape index (κ1) is 16.7. The number of rotatable bonds is 7. The van der Waals surface area contributed by atoms with Gasteiger partial charge in [-0.15, -0.1) is 0 Å². The summed E-state index contributed by atoms with van der Waals surface area (Å²) in [7, 11) is 0. The molecule has 0 aliphatic rings. The lowest BCUT2D eigenvalue weighted by atomic mass is 10.2. The highest BCUT2D eigenvalue weighted by molar-refractivity contribution is 7.19. The molecule has 0 atom stereocenters. The van der Waals surface area contributed by atoms with Crippen LogP contribution in [0, 0.1) is 6.92 Å². The van der Waals surface area contributed by atoms with Gasteiger partial charge in [-0.1, -0.05) is 67.9 Å². The molecule has 5 heteroatoms. The van der Waals surface area contributed by atoms with E-state index in [1.165, 1.54) is 30.6 Å². The number of aryl methyl sites for hydroxylation is 1. The van der Waals surface area contributed by atoms with Crippen molar-refractivity contribution in [3.05, 3.63) is 47.1 Å². The van der Waals surface area contributed by atoms with Gasteiger partial charge >= 0.3 is 0 Å². The van der Waals surface area contributed by atoms with Crippen molar-refractivity contribution in [2.24, 2.45) is 0 Å². The third kappa shape index (κ3) is 3.51. The summed E-state index contributed by atoms with van der Waals surface area (Å²) < 4.78 is 2.01. The maximum Gasteiger partial charge on any atom is 0.263 e. The summed E-state index contributed by atoms with van der Waals surface area (Å²) in [6.07, 6.45) is 6.65. The van der Waals surface area contributed by atoms with Crippen LogP contribution in [-0.2, 0) is 0 Å². The van der Waals surface area contributed by atoms with E-state index in [1.54, 1.807) is 0 Å². The molecule has 1 N–H and O–H groups in total. The summed E-state index contributed by atoms with van der Waals surface area (Å²) in [5.41, 5.74) is 2.99. The van der Waals surface area contributed by atoms with E-state index in [-0.39, 0.29) is 5.91 Å². The number of unbranched alkanes of at least 4 members (excludes halogenated alkanes) is 3. The number of nitrogens with one attached hydrogen (secondary N) is 1. The van der Waals surface area contributed by atoms with E-state index < -0.39 is 0 Å². The van der Waals surface area contributed by atoms with Gasteiger partial charge in [0.05, 0.1) is 5.69 Å². The van der Waals surface area contributed by atoms with E-state index in [4.69, 9.17) is 0 Å². The second kappa shape index (κ2) is 7.62. The zero-order valence-corrected chi connectivity index (χ0v) is 15.0. The smallest absolute Gasteiger partial charge is 0.263 e. The number of nitrogens with zero attached hydrogens (tertiary/aromatic N) is 2. The highest BCUT2D eigenvalue weighted by Gasteiger charge is 2.17. The Morgan fingerprint density at radius 2 is 2.00 bits per heavy atom. The van der Waals surface area contributed by atoms with Crippen LogP contribution in [0.3, 0.4) is 0 Å². The first-order valence-corrected chi connectivity index (χ1v) is 9.34. The van der Waals surface area contributed by atoms with Crippen LogP contribution in [0.2, 0.25) is 0 Å². The highest BCUT2D eigenvalue weighted by atomic mass is 32.1. The molecular formula is C19H23N3OS. The van der Waals surface area contributed by atoms with E-state index in [0.29, 0.717) is 0 Å². The quantitative estimate of drug-likeness (QED) is 0.634. The summed E-state index contributed by atoms with van der Waals surface area (Å²) in [6, 6.07) is 10.1. The molecule has 4 nitrogen and oxygen atoms in total. The molecule has 0 saturated heterocycles. The molecule has 126 valence electrons. The summed E-state index contributed by atoms with van der Waals surface area (Å²) in [5.74, 6) is 0.0146. The predicted molar refractivity (Wildman–Crippen MR) is 99.7 cm³/mol. The van der Waals surface area contributed by atoms with E-state index in [2.05, 4.69) is 17.2 Å². The normalized spacial score (nSPS) is 11.1. The molecule has 0 unspecified atom stereocenters. The molecule has 0 bridgehead atoms. The Balaban J connectivity index is 1.73. The highest BCUT2D eigenvalue weighted by Crippen LogP contribution is 2.27. The van der Waals surface area contributed by atoms with E-state index in [9.17, 15) is 4.79 Å². The van der Waals surface area contributed by atoms with Gasteiger partial charge < -0.3 is 5.32 Å². The zero-order chi connectivity index (χ0) is 16.9. The number of carbonyl (C=O) groups excluding carboxylic acids is 1. The van der Waals surface area contributed by atoms with Crippen LogP contribution in [-0.4, -0.2) is 21.8 Å². The Kier molecular flexibility index (Phi) is 5.30. The lowest BCUT2D eigenvalue weighted by Crippen LogP contribution is -2.24. The molecular weight excluding hydrogens is 318 g/mol. The molecule has 0 aliphatic heterocycles. The molecule has 0 radical (unpaired) electrons. The van der Waals surface area contributed by atoms with Gasteiger partial charge in [-0.05, 0) is 13.3 Å². The number of hydrogen-bond donors (Lipinski definition) is 1. The molecule has 1 aromatic carbocycles. The Hall–Kier alpha value is -2.14. The van der Waals surface area contributed by atoms with Crippen molar-refractivity contribution in [3.8, 4) is 11.3 Å². The lowest BCUT2D eigenvalue weighted by Gasteiger charge is -2.04. The van der Waals surface area contributed by atoms with Gasteiger partial charge in [0.25, 0.3) is 5.91 Å². The molecule has 0 saturated carbocycles. The van der Waals surface area contributed by atoms with Crippen LogP contribution in [0.25, 0.3) is 16.2 Å². The van der Waals surface area contributed by atoms with Crippen LogP contribution in [0.1, 0.15) is 48.0 Å². The van der Waals surface area contributed by atoms with Gasteiger partial charge in [-0.25, -0.2) is 4.98 Å². The molecule has 0 aliphatic carbocycles. The fourth-order valence-electron chi connectivity index (χ4n) is 2.74. The van der Waals surface area contributed by atoms with Crippen molar-refractivity contribution in [1.82, 2.24) is 14.7 Å². The number of amides is 1. The Labute approximate surface area is 146 Å². The summed E-state index contributed by atoms with van der Waals surface area (Å²) in [6.45, 7) is 4.91. The number of fused-ring (bicyclic) bond motifs is 1. The maximum absolute atomic E-state index is 12.4. The number of thiazole rings is 1. The SMILES string of the molecule is CCCCCCNC(=O)c1sc2nc(-c3ccccc3)cn2c1C. The molecule has 0 fully saturated rings. The van der Waals surface area contributed by atoms with Gasteiger partial charge in [-0.2, -0.15) is 0 Å². The van der Waals surface area contributed by atoms with Crippen LogP contribution in [0.15, 0.2) is 36.5 Å². The van der Waals surface area contributed by atoms with Crippen molar-refractivity contribution in [2.75, 3.05) is 6.54 Å². The minimum Gasteiger partial charge on any atom is -0.351 e. The zero-order valence-electron chi connectivity index (χ0n) is 14.2. The topological polar surface area (TPSA) is 46.4 Å². The third-order valence-electron chi connectivity index (χ3n) is 4.15. The van der Waals surface area contributed by atoms with Crippen LogP contribution in [0.5, 0.6) is 0 Å². The van der Waals surface area contributed by atoms with E-state index in [0.717, 1.165) is 39.8 Å². The van der Waals surface area contributed by atoms with Crippen molar-refractivity contribution < 1.29 is 4.79 Å². The fourth-order valence-corrected chi connectivity index (χ4v) is 3.77. The van der Waals surface area contributed by atoms with Crippen molar-refractivity contribution in [3.63, 3.8) is 0 Å². The van der Waals surface area contributed by atoms with Gasteiger partial charge in [0, 0.05) is 24.0 Å². The standard InChI is InChI=1S/C19H23N3OS/c1-3-4-5-9-12-20-18(23)17-14(2)22-13-16(21-19(22)24-17)15-10-7-6-8-11-15/h6-8,10-11,13H,3-5,9,12H2,1-2H3,(H,20,23). The summed E-state index contributed by atoms with van der Waals surface area (Å²) in [4.78, 5) is 18.7. The Morgan fingerprint density at radius 1 is 1.21 bits per heavy atom. The summed E-state index contributed by atoms with van der Waals surface area (Å²) in [5, 5.41) is 3.03. The van der Waals surface area contributed by atoms with Gasteiger partial charge in [0.1, 0.15) is 4.88 Å². The Morgan fingerprint density at radius 3 is 2.71 bits per heavy atom. The first-order valence-electron chi connectivity index (χ1n) is 8.53. The molecule has 2 aromatic heterocycles. The van der Waals surface area contributed by atoms with Crippen molar-refractivity contribution >= 4 is 22.2 Å². The molecule has 3 aromatic rings. The van der Waals surface area contributed by atoms with Crippen molar-refractivity contribution in [1.29, 1.82) is 0 Å². The minimum atomic E-state index is 0.0146. The van der Waals surface area contributed by atoms with Gasteiger partial charge in [0.2, 0.25) is 0 Å². The van der Waals surface area contributed by atoms with Crippen LogP contribution in [0.4, 0.5) is 0 Å². The average Bonchev–Trinajstić information content (AvgIpc) is 3.15. The lowest BCUT2D eigenvalue weighted by molar-refractivity contribution is 0.0956. The second-order valence-corrected chi connectivity index (χ2v) is 6.96. The minimum absolute atomic E-state index is 0.0146. The van der Waals surface area contributed by atoms with Crippen molar-refractivity contribution in [2.45, 2.75) is 39.5 Å². The van der Waals surface area contributed by atoms with Gasteiger partial charge in [-0.3, -0.25) is 9.20 Å². The van der Waals surface area contributed by atoms with Gasteiger partial charge in [0.15, 0.2) is 4.96 Å². The number of aromatic nitrogens is 2. The van der Waals surface area contributed by atoms with Crippen LogP contribution >= 0.6 is 11.3 Å². The maximum atomic E-state index is 12.4. The van der Waals surface area contributed by atoms with E-state index >= 15 is 0 Å². The predicted octanol–water partition coefficient (Wildman–Crippen LogP) is 4.68. The second-order valence-electron chi connectivity index (χ2n) is 5.98. The van der Waals surface area contributed by atoms with E-state index in [1.807, 2.05) is 47.9 Å². The molecule has 2 heterocycles. The largest absolute Gasteiger partial charge is 0.351 e.